The highest BCUT2D eigenvalue weighted by Crippen LogP contribution is 2.22. The van der Waals surface area contributed by atoms with Crippen LogP contribution in [0.25, 0.3) is 0 Å². The summed E-state index contributed by atoms with van der Waals surface area (Å²) in [6, 6.07) is 8.79. The zero-order valence-electron chi connectivity index (χ0n) is 10.1. The third kappa shape index (κ3) is 3.46. The lowest BCUT2D eigenvalue weighted by atomic mass is 10.1. The lowest BCUT2D eigenvalue weighted by Crippen LogP contribution is -2.31. The molecule has 0 unspecified atom stereocenters. The average Bonchev–Trinajstić information content (AvgIpc) is 3.09. The van der Waals surface area contributed by atoms with Gasteiger partial charge in [0, 0.05) is 25.3 Å². The van der Waals surface area contributed by atoms with Gasteiger partial charge in [0.05, 0.1) is 6.54 Å². The SMILES string of the molecule is CN(CC(N)=O)c1ccccc1CNC1CC1. The van der Waals surface area contributed by atoms with Gasteiger partial charge in [-0.3, -0.25) is 4.79 Å². The van der Waals surface area contributed by atoms with Crippen LogP contribution in [0.3, 0.4) is 0 Å². The van der Waals surface area contributed by atoms with Gasteiger partial charge >= 0.3 is 0 Å². The number of benzene rings is 1. The number of anilines is 1. The van der Waals surface area contributed by atoms with E-state index in [1.807, 2.05) is 30.1 Å². The number of hydrogen-bond donors (Lipinski definition) is 2. The minimum atomic E-state index is -0.308. The number of hydrogen-bond acceptors (Lipinski definition) is 3. The second-order valence-corrected chi connectivity index (χ2v) is 4.61. The van der Waals surface area contributed by atoms with Crippen molar-refractivity contribution in [2.45, 2.75) is 25.4 Å². The van der Waals surface area contributed by atoms with Crippen LogP contribution in [0.1, 0.15) is 18.4 Å². The van der Waals surface area contributed by atoms with E-state index in [2.05, 4.69) is 11.4 Å². The van der Waals surface area contributed by atoms with Gasteiger partial charge in [-0.25, -0.2) is 0 Å². The maximum atomic E-state index is 10.9. The summed E-state index contributed by atoms with van der Waals surface area (Å²) in [5, 5.41) is 3.48. The number of para-hydroxylation sites is 1. The maximum absolute atomic E-state index is 10.9. The molecule has 3 N–H and O–H groups in total. The fourth-order valence-corrected chi connectivity index (χ4v) is 1.89. The maximum Gasteiger partial charge on any atom is 0.236 e. The molecule has 0 bridgehead atoms. The molecular weight excluding hydrogens is 214 g/mol. The average molecular weight is 233 g/mol. The molecule has 0 spiro atoms. The molecule has 1 aliphatic rings. The predicted molar refractivity (Wildman–Crippen MR) is 68.8 cm³/mol. The number of nitrogens with two attached hydrogens (primary N) is 1. The number of carbonyl (C=O) groups excluding carboxylic acids is 1. The fraction of sp³-hybridized carbons (Fsp3) is 0.462. The first-order valence-electron chi connectivity index (χ1n) is 5.97. The van der Waals surface area contributed by atoms with Crippen molar-refractivity contribution in [2.24, 2.45) is 5.73 Å². The Labute approximate surface area is 102 Å². The molecule has 17 heavy (non-hydrogen) atoms. The fourth-order valence-electron chi connectivity index (χ4n) is 1.89. The zero-order valence-corrected chi connectivity index (χ0v) is 10.1. The molecule has 4 nitrogen and oxygen atoms in total. The standard InChI is InChI=1S/C13H19N3O/c1-16(9-13(14)17)12-5-3-2-4-10(12)8-15-11-6-7-11/h2-5,11,15H,6-9H2,1H3,(H2,14,17). The first-order valence-corrected chi connectivity index (χ1v) is 5.97. The molecule has 1 amide bonds. The molecule has 92 valence electrons. The summed E-state index contributed by atoms with van der Waals surface area (Å²) < 4.78 is 0. The number of nitrogens with zero attached hydrogens (tertiary/aromatic N) is 1. The van der Waals surface area contributed by atoms with Gasteiger partial charge in [-0.2, -0.15) is 0 Å². The minimum absolute atomic E-state index is 0.250. The smallest absolute Gasteiger partial charge is 0.236 e. The van der Waals surface area contributed by atoms with Crippen LogP contribution in [0.5, 0.6) is 0 Å². The molecule has 1 saturated carbocycles. The molecule has 1 aliphatic carbocycles. The molecule has 2 rings (SSSR count). The number of amides is 1. The van der Waals surface area contributed by atoms with E-state index in [9.17, 15) is 4.79 Å². The van der Waals surface area contributed by atoms with E-state index in [1.54, 1.807) is 0 Å². The molecule has 1 fully saturated rings. The van der Waals surface area contributed by atoms with E-state index in [1.165, 1.54) is 18.4 Å². The highest BCUT2D eigenvalue weighted by molar-refractivity contribution is 5.79. The van der Waals surface area contributed by atoms with Gasteiger partial charge in [0.1, 0.15) is 0 Å². The summed E-state index contributed by atoms with van der Waals surface area (Å²) in [6.07, 6.45) is 2.55. The van der Waals surface area contributed by atoms with Crippen molar-refractivity contribution >= 4 is 11.6 Å². The lowest BCUT2D eigenvalue weighted by molar-refractivity contribution is -0.116. The van der Waals surface area contributed by atoms with E-state index in [0.29, 0.717) is 6.04 Å². The number of nitrogens with one attached hydrogen (secondary N) is 1. The Balaban J connectivity index is 2.05. The van der Waals surface area contributed by atoms with Crippen molar-refractivity contribution in [3.05, 3.63) is 29.8 Å². The molecule has 0 radical (unpaired) electrons. The van der Waals surface area contributed by atoms with Crippen molar-refractivity contribution in [3.63, 3.8) is 0 Å². The molecule has 0 aromatic heterocycles. The van der Waals surface area contributed by atoms with E-state index in [0.717, 1.165) is 12.2 Å². The molecule has 0 atom stereocenters. The predicted octanol–water partition coefficient (Wildman–Crippen LogP) is 0.860. The summed E-state index contributed by atoms with van der Waals surface area (Å²) in [4.78, 5) is 12.8. The Kier molecular flexibility index (Phi) is 3.64. The van der Waals surface area contributed by atoms with Crippen molar-refractivity contribution in [2.75, 3.05) is 18.5 Å². The summed E-state index contributed by atoms with van der Waals surface area (Å²) in [7, 11) is 1.89. The van der Waals surface area contributed by atoms with Gasteiger partial charge in [-0.05, 0) is 24.5 Å². The van der Waals surface area contributed by atoms with Crippen LogP contribution in [0.4, 0.5) is 5.69 Å². The lowest BCUT2D eigenvalue weighted by Gasteiger charge is -2.21. The Morgan fingerprint density at radius 1 is 1.47 bits per heavy atom. The topological polar surface area (TPSA) is 58.4 Å². The van der Waals surface area contributed by atoms with Crippen LogP contribution in [-0.2, 0) is 11.3 Å². The van der Waals surface area contributed by atoms with Crippen molar-refractivity contribution < 1.29 is 4.79 Å². The van der Waals surface area contributed by atoms with Gasteiger partial charge in [0.2, 0.25) is 5.91 Å². The number of carbonyl (C=O) groups is 1. The molecule has 0 heterocycles. The quantitative estimate of drug-likeness (QED) is 0.766. The summed E-state index contributed by atoms with van der Waals surface area (Å²) in [5.41, 5.74) is 7.50. The highest BCUT2D eigenvalue weighted by Gasteiger charge is 2.20. The Morgan fingerprint density at radius 2 is 2.18 bits per heavy atom. The van der Waals surface area contributed by atoms with E-state index < -0.39 is 0 Å². The van der Waals surface area contributed by atoms with Crippen molar-refractivity contribution in [1.29, 1.82) is 0 Å². The molecule has 1 aromatic carbocycles. The van der Waals surface area contributed by atoms with Gasteiger partial charge in [-0.1, -0.05) is 18.2 Å². The minimum Gasteiger partial charge on any atom is -0.368 e. The van der Waals surface area contributed by atoms with E-state index in [-0.39, 0.29) is 12.5 Å². The van der Waals surface area contributed by atoms with Crippen LogP contribution < -0.4 is 16.0 Å². The zero-order chi connectivity index (χ0) is 12.3. The van der Waals surface area contributed by atoms with E-state index >= 15 is 0 Å². The highest BCUT2D eigenvalue weighted by atomic mass is 16.1. The van der Waals surface area contributed by atoms with Crippen molar-refractivity contribution in [1.82, 2.24) is 5.32 Å². The van der Waals surface area contributed by atoms with Crippen LogP contribution in [0.2, 0.25) is 0 Å². The third-order valence-electron chi connectivity index (χ3n) is 2.95. The van der Waals surface area contributed by atoms with Crippen LogP contribution in [0, 0.1) is 0 Å². The normalized spacial score (nSPS) is 14.6. The summed E-state index contributed by atoms with van der Waals surface area (Å²) in [6.45, 7) is 1.10. The third-order valence-corrected chi connectivity index (χ3v) is 2.95. The molecule has 1 aromatic rings. The van der Waals surface area contributed by atoms with Gasteiger partial charge in [0.25, 0.3) is 0 Å². The monoisotopic (exact) mass is 233 g/mol. The largest absolute Gasteiger partial charge is 0.368 e. The van der Waals surface area contributed by atoms with Gasteiger partial charge < -0.3 is 16.0 Å². The molecule has 0 saturated heterocycles. The van der Waals surface area contributed by atoms with Crippen LogP contribution >= 0.6 is 0 Å². The van der Waals surface area contributed by atoms with Gasteiger partial charge in [0.15, 0.2) is 0 Å². The van der Waals surface area contributed by atoms with Crippen molar-refractivity contribution in [3.8, 4) is 0 Å². The number of primary amides is 1. The number of likely N-dealkylation sites (N-methyl/N-ethyl adjacent to an activating group) is 1. The summed E-state index contributed by atoms with van der Waals surface area (Å²) >= 11 is 0. The van der Waals surface area contributed by atoms with Gasteiger partial charge in [-0.15, -0.1) is 0 Å². The Hall–Kier alpha value is -1.55. The number of rotatable bonds is 6. The van der Waals surface area contributed by atoms with Crippen LogP contribution in [-0.4, -0.2) is 25.5 Å². The Bertz CT molecular complexity index is 401. The van der Waals surface area contributed by atoms with Crippen LogP contribution in [0.15, 0.2) is 24.3 Å². The first kappa shape index (κ1) is 11.9. The summed E-state index contributed by atoms with van der Waals surface area (Å²) in [5.74, 6) is -0.308. The molecular formula is C13H19N3O. The van der Waals surface area contributed by atoms with E-state index in [4.69, 9.17) is 5.73 Å². The second-order valence-electron chi connectivity index (χ2n) is 4.61. The molecule has 4 heteroatoms. The molecule has 0 aliphatic heterocycles. The first-order chi connectivity index (χ1) is 8.16. The second kappa shape index (κ2) is 5.19. The Morgan fingerprint density at radius 3 is 2.82 bits per heavy atom.